The van der Waals surface area contributed by atoms with E-state index in [9.17, 15) is 4.79 Å². The summed E-state index contributed by atoms with van der Waals surface area (Å²) in [4.78, 5) is 25.2. The summed E-state index contributed by atoms with van der Waals surface area (Å²) in [5, 5.41) is 0. The lowest BCUT2D eigenvalue weighted by Crippen LogP contribution is -2.44. The lowest BCUT2D eigenvalue weighted by Gasteiger charge is -2.34. The van der Waals surface area contributed by atoms with E-state index in [4.69, 9.17) is 0 Å². The van der Waals surface area contributed by atoms with Crippen LogP contribution in [0, 0.1) is 5.92 Å². The molecule has 6 nitrogen and oxygen atoms in total. The largest absolute Gasteiger partial charge is 0.356 e. The molecule has 1 aliphatic rings. The number of imidazole rings is 1. The molecule has 23 heavy (non-hydrogen) atoms. The standard InChI is InChI=1S/C17H23N5O/c1-20(11-12-21-10-8-18-14-21)17(23)15-5-4-9-22(13-15)16-6-2-3-7-19-16/h2-3,6-8,10,14-15H,4-5,9,11-13H2,1H3/t15-/m1/s1. The maximum Gasteiger partial charge on any atom is 0.227 e. The van der Waals surface area contributed by atoms with Crippen molar-refractivity contribution >= 4 is 11.7 Å². The predicted molar refractivity (Wildman–Crippen MR) is 89.0 cm³/mol. The fourth-order valence-electron chi connectivity index (χ4n) is 3.03. The molecule has 1 saturated heterocycles. The first-order valence-corrected chi connectivity index (χ1v) is 8.11. The Balaban J connectivity index is 1.56. The maximum absolute atomic E-state index is 12.7. The monoisotopic (exact) mass is 313 g/mol. The quantitative estimate of drug-likeness (QED) is 0.842. The van der Waals surface area contributed by atoms with E-state index < -0.39 is 0 Å². The second-order valence-electron chi connectivity index (χ2n) is 6.03. The van der Waals surface area contributed by atoms with Crippen molar-refractivity contribution < 1.29 is 4.79 Å². The predicted octanol–water partition coefficient (Wildman–Crippen LogP) is 1.65. The highest BCUT2D eigenvalue weighted by atomic mass is 16.2. The molecule has 1 amide bonds. The molecule has 0 unspecified atom stereocenters. The van der Waals surface area contributed by atoms with Crippen LogP contribution in [0.4, 0.5) is 5.82 Å². The Morgan fingerprint density at radius 1 is 1.39 bits per heavy atom. The van der Waals surface area contributed by atoms with Gasteiger partial charge >= 0.3 is 0 Å². The van der Waals surface area contributed by atoms with Crippen LogP contribution in [0.15, 0.2) is 43.1 Å². The second-order valence-corrected chi connectivity index (χ2v) is 6.03. The number of aromatic nitrogens is 3. The van der Waals surface area contributed by atoms with E-state index in [1.807, 2.05) is 40.9 Å². The van der Waals surface area contributed by atoms with E-state index >= 15 is 0 Å². The van der Waals surface area contributed by atoms with Crippen molar-refractivity contribution in [3.63, 3.8) is 0 Å². The number of pyridine rings is 1. The molecular weight excluding hydrogens is 290 g/mol. The summed E-state index contributed by atoms with van der Waals surface area (Å²) in [6.45, 7) is 3.21. The zero-order chi connectivity index (χ0) is 16.1. The summed E-state index contributed by atoms with van der Waals surface area (Å²) in [5.41, 5.74) is 0. The SMILES string of the molecule is CN(CCn1ccnc1)C(=O)[C@@H]1CCCN(c2ccccn2)C1. The second kappa shape index (κ2) is 7.26. The Morgan fingerprint density at radius 2 is 2.30 bits per heavy atom. The Hall–Kier alpha value is -2.37. The highest BCUT2D eigenvalue weighted by Gasteiger charge is 2.28. The molecule has 0 radical (unpaired) electrons. The van der Waals surface area contributed by atoms with Gasteiger partial charge in [-0.3, -0.25) is 4.79 Å². The Morgan fingerprint density at radius 3 is 3.04 bits per heavy atom. The van der Waals surface area contributed by atoms with E-state index in [0.29, 0.717) is 6.54 Å². The van der Waals surface area contributed by atoms with Gasteiger partial charge in [-0.2, -0.15) is 0 Å². The number of nitrogens with zero attached hydrogens (tertiary/aromatic N) is 5. The van der Waals surface area contributed by atoms with Crippen LogP contribution in [0.3, 0.4) is 0 Å². The van der Waals surface area contributed by atoms with Crippen molar-refractivity contribution in [2.75, 3.05) is 31.6 Å². The molecule has 1 atom stereocenters. The van der Waals surface area contributed by atoms with Crippen molar-refractivity contribution in [2.24, 2.45) is 5.92 Å². The summed E-state index contributed by atoms with van der Waals surface area (Å²) in [6.07, 6.45) is 9.25. The van der Waals surface area contributed by atoms with Gasteiger partial charge in [-0.05, 0) is 25.0 Å². The lowest BCUT2D eigenvalue weighted by atomic mass is 9.96. The number of hydrogen-bond donors (Lipinski definition) is 0. The van der Waals surface area contributed by atoms with Crippen LogP contribution in [0.1, 0.15) is 12.8 Å². The third-order valence-corrected chi connectivity index (χ3v) is 4.37. The van der Waals surface area contributed by atoms with Crippen molar-refractivity contribution in [2.45, 2.75) is 19.4 Å². The molecule has 2 aromatic rings. The van der Waals surface area contributed by atoms with E-state index in [-0.39, 0.29) is 11.8 Å². The molecule has 122 valence electrons. The third-order valence-electron chi connectivity index (χ3n) is 4.37. The average molecular weight is 313 g/mol. The number of piperidine rings is 1. The molecule has 0 saturated carbocycles. The summed E-state index contributed by atoms with van der Waals surface area (Å²) < 4.78 is 1.99. The van der Waals surface area contributed by atoms with E-state index in [0.717, 1.165) is 38.3 Å². The van der Waals surface area contributed by atoms with Crippen LogP contribution in [0.25, 0.3) is 0 Å². The number of carbonyl (C=O) groups excluding carboxylic acids is 1. The Kier molecular flexibility index (Phi) is 4.90. The number of amides is 1. The van der Waals surface area contributed by atoms with Gasteiger partial charge < -0.3 is 14.4 Å². The van der Waals surface area contributed by atoms with Crippen LogP contribution in [-0.4, -0.2) is 52.0 Å². The van der Waals surface area contributed by atoms with Gasteiger partial charge in [-0.25, -0.2) is 9.97 Å². The van der Waals surface area contributed by atoms with Crippen LogP contribution in [0.2, 0.25) is 0 Å². The Bertz CT molecular complexity index is 613. The van der Waals surface area contributed by atoms with Gasteiger partial charge in [0.15, 0.2) is 0 Å². The topological polar surface area (TPSA) is 54.3 Å². The van der Waals surface area contributed by atoms with Crippen molar-refractivity contribution in [3.8, 4) is 0 Å². The minimum absolute atomic E-state index is 0.0542. The number of anilines is 1. The average Bonchev–Trinajstić information content (AvgIpc) is 3.13. The van der Waals surface area contributed by atoms with Crippen molar-refractivity contribution in [1.29, 1.82) is 0 Å². The maximum atomic E-state index is 12.7. The van der Waals surface area contributed by atoms with Crippen molar-refractivity contribution in [1.82, 2.24) is 19.4 Å². The molecule has 1 aliphatic heterocycles. The molecule has 6 heteroatoms. The molecule has 3 rings (SSSR count). The van der Waals surface area contributed by atoms with Crippen LogP contribution in [-0.2, 0) is 11.3 Å². The summed E-state index contributed by atoms with van der Waals surface area (Å²) in [6, 6.07) is 5.92. The van der Waals surface area contributed by atoms with Crippen LogP contribution < -0.4 is 4.90 Å². The zero-order valence-corrected chi connectivity index (χ0v) is 13.5. The van der Waals surface area contributed by atoms with Gasteiger partial charge in [-0.15, -0.1) is 0 Å². The third kappa shape index (κ3) is 3.88. The number of rotatable bonds is 5. The first kappa shape index (κ1) is 15.5. The van der Waals surface area contributed by atoms with Crippen molar-refractivity contribution in [3.05, 3.63) is 43.1 Å². The highest BCUT2D eigenvalue weighted by molar-refractivity contribution is 5.79. The molecule has 2 aromatic heterocycles. The highest BCUT2D eigenvalue weighted by Crippen LogP contribution is 2.22. The molecule has 0 aliphatic carbocycles. The molecular formula is C17H23N5O. The summed E-state index contributed by atoms with van der Waals surface area (Å²) in [5.74, 6) is 1.25. The minimum atomic E-state index is 0.0542. The lowest BCUT2D eigenvalue weighted by molar-refractivity contribution is -0.134. The first-order valence-electron chi connectivity index (χ1n) is 8.11. The molecule has 1 fully saturated rings. The molecule has 3 heterocycles. The van der Waals surface area contributed by atoms with Gasteiger partial charge in [0.25, 0.3) is 0 Å². The smallest absolute Gasteiger partial charge is 0.227 e. The Labute approximate surface area is 136 Å². The normalized spacial score (nSPS) is 18.0. The van der Waals surface area contributed by atoms with Crippen LogP contribution >= 0.6 is 0 Å². The first-order chi connectivity index (χ1) is 11.2. The molecule has 0 aromatic carbocycles. The molecule has 0 bridgehead atoms. The van der Waals surface area contributed by atoms with E-state index in [1.54, 1.807) is 18.7 Å². The van der Waals surface area contributed by atoms with E-state index in [1.165, 1.54) is 0 Å². The number of carbonyl (C=O) groups is 1. The van der Waals surface area contributed by atoms with Gasteiger partial charge in [-0.1, -0.05) is 6.07 Å². The zero-order valence-electron chi connectivity index (χ0n) is 13.5. The molecule has 0 N–H and O–H groups in total. The minimum Gasteiger partial charge on any atom is -0.356 e. The van der Waals surface area contributed by atoms with Gasteiger partial charge in [0.1, 0.15) is 5.82 Å². The van der Waals surface area contributed by atoms with Gasteiger partial charge in [0.2, 0.25) is 5.91 Å². The van der Waals surface area contributed by atoms with Gasteiger partial charge in [0.05, 0.1) is 12.2 Å². The molecule has 0 spiro atoms. The summed E-state index contributed by atoms with van der Waals surface area (Å²) in [7, 11) is 1.89. The fourth-order valence-corrected chi connectivity index (χ4v) is 3.03. The summed E-state index contributed by atoms with van der Waals surface area (Å²) >= 11 is 0. The van der Waals surface area contributed by atoms with Crippen LogP contribution in [0.5, 0.6) is 0 Å². The van der Waals surface area contributed by atoms with Gasteiger partial charge in [0, 0.05) is 51.8 Å². The fraction of sp³-hybridized carbons (Fsp3) is 0.471. The van der Waals surface area contributed by atoms with E-state index in [2.05, 4.69) is 14.9 Å². The number of likely N-dealkylation sites (N-methyl/N-ethyl adjacent to an activating group) is 1. The number of hydrogen-bond acceptors (Lipinski definition) is 4.